The second-order valence-electron chi connectivity index (χ2n) is 5.68. The van der Waals surface area contributed by atoms with Gasteiger partial charge in [0.15, 0.2) is 0 Å². The standard InChI is InChI=1S/C14H21N3O3S/c1-10-7-17(8-11(2)16-10)14(18)13-5-3-12(4-6-13)9-21(15,19)20/h3-6,10-11,16H,7-9H2,1-2H3,(H2,15,19,20). The van der Waals surface area contributed by atoms with Crippen LogP contribution in [-0.4, -0.2) is 44.4 Å². The normalized spacial score (nSPS) is 23.1. The highest BCUT2D eigenvalue weighted by molar-refractivity contribution is 7.88. The Labute approximate surface area is 125 Å². The van der Waals surface area contributed by atoms with E-state index in [1.807, 2.05) is 18.7 Å². The van der Waals surface area contributed by atoms with Gasteiger partial charge in [-0.3, -0.25) is 4.79 Å². The van der Waals surface area contributed by atoms with E-state index in [-0.39, 0.29) is 23.7 Å². The van der Waals surface area contributed by atoms with Gasteiger partial charge in [-0.2, -0.15) is 0 Å². The quantitative estimate of drug-likeness (QED) is 0.839. The summed E-state index contributed by atoms with van der Waals surface area (Å²) in [6.45, 7) is 5.43. The molecular weight excluding hydrogens is 290 g/mol. The highest BCUT2D eigenvalue weighted by Crippen LogP contribution is 2.12. The van der Waals surface area contributed by atoms with Crippen molar-refractivity contribution in [3.63, 3.8) is 0 Å². The molecule has 1 aliphatic rings. The van der Waals surface area contributed by atoms with E-state index in [0.717, 1.165) is 0 Å². The van der Waals surface area contributed by atoms with Crippen LogP contribution < -0.4 is 10.5 Å². The molecule has 6 nitrogen and oxygen atoms in total. The number of sulfonamides is 1. The van der Waals surface area contributed by atoms with Crippen LogP contribution >= 0.6 is 0 Å². The maximum atomic E-state index is 12.4. The number of benzene rings is 1. The van der Waals surface area contributed by atoms with Gasteiger partial charge < -0.3 is 10.2 Å². The Hall–Kier alpha value is -1.44. The van der Waals surface area contributed by atoms with Gasteiger partial charge in [-0.15, -0.1) is 0 Å². The molecule has 2 atom stereocenters. The lowest BCUT2D eigenvalue weighted by Crippen LogP contribution is -2.55. The van der Waals surface area contributed by atoms with Gasteiger partial charge in [-0.1, -0.05) is 12.1 Å². The van der Waals surface area contributed by atoms with Gasteiger partial charge in [0.25, 0.3) is 5.91 Å². The van der Waals surface area contributed by atoms with E-state index in [4.69, 9.17) is 5.14 Å². The molecule has 116 valence electrons. The van der Waals surface area contributed by atoms with Gasteiger partial charge in [0.2, 0.25) is 10.0 Å². The molecule has 1 aromatic rings. The molecule has 0 aliphatic carbocycles. The zero-order valence-corrected chi connectivity index (χ0v) is 13.1. The van der Waals surface area contributed by atoms with Crippen molar-refractivity contribution in [3.8, 4) is 0 Å². The molecule has 2 unspecified atom stereocenters. The van der Waals surface area contributed by atoms with Crippen LogP contribution in [0.15, 0.2) is 24.3 Å². The summed E-state index contributed by atoms with van der Waals surface area (Å²) < 4.78 is 22.1. The maximum Gasteiger partial charge on any atom is 0.253 e. The lowest BCUT2D eigenvalue weighted by Gasteiger charge is -2.36. The molecule has 1 fully saturated rings. The summed E-state index contributed by atoms with van der Waals surface area (Å²) in [5, 5.41) is 8.38. The summed E-state index contributed by atoms with van der Waals surface area (Å²) in [6, 6.07) is 7.10. The first-order valence-electron chi connectivity index (χ1n) is 6.89. The fourth-order valence-electron chi connectivity index (χ4n) is 2.65. The third kappa shape index (κ3) is 4.52. The van der Waals surface area contributed by atoms with Crippen molar-refractivity contribution in [1.82, 2.24) is 10.2 Å². The number of hydrogen-bond acceptors (Lipinski definition) is 4. The van der Waals surface area contributed by atoms with E-state index in [2.05, 4.69) is 5.32 Å². The molecular formula is C14H21N3O3S. The summed E-state index contributed by atoms with van der Waals surface area (Å²) in [6.07, 6.45) is 0. The van der Waals surface area contributed by atoms with Gasteiger partial charge in [0.1, 0.15) is 0 Å². The molecule has 1 heterocycles. The number of nitrogens with zero attached hydrogens (tertiary/aromatic N) is 1. The first kappa shape index (κ1) is 15.9. The van der Waals surface area contributed by atoms with Crippen LogP contribution in [0.25, 0.3) is 0 Å². The molecule has 21 heavy (non-hydrogen) atoms. The predicted octanol–water partition coefficient (Wildman–Crippen LogP) is 0.298. The van der Waals surface area contributed by atoms with E-state index in [0.29, 0.717) is 24.2 Å². The minimum atomic E-state index is -3.55. The zero-order valence-electron chi connectivity index (χ0n) is 12.2. The van der Waals surface area contributed by atoms with E-state index in [1.165, 1.54) is 0 Å². The Morgan fingerprint density at radius 1 is 1.24 bits per heavy atom. The topological polar surface area (TPSA) is 92.5 Å². The largest absolute Gasteiger partial charge is 0.336 e. The van der Waals surface area contributed by atoms with Crippen LogP contribution in [0.3, 0.4) is 0 Å². The average Bonchev–Trinajstić information content (AvgIpc) is 2.35. The van der Waals surface area contributed by atoms with Crippen LogP contribution in [-0.2, 0) is 15.8 Å². The molecule has 1 saturated heterocycles. The summed E-state index contributed by atoms with van der Waals surface area (Å²) in [5.74, 6) is -0.249. The van der Waals surface area contributed by atoms with Crippen molar-refractivity contribution < 1.29 is 13.2 Å². The molecule has 0 saturated carbocycles. The van der Waals surface area contributed by atoms with Crippen molar-refractivity contribution in [2.45, 2.75) is 31.7 Å². The van der Waals surface area contributed by atoms with Crippen molar-refractivity contribution >= 4 is 15.9 Å². The summed E-state index contributed by atoms with van der Waals surface area (Å²) >= 11 is 0. The van der Waals surface area contributed by atoms with Crippen LogP contribution in [0.2, 0.25) is 0 Å². The molecule has 1 aromatic carbocycles. The Balaban J connectivity index is 2.09. The third-order valence-corrected chi connectivity index (χ3v) is 4.15. The zero-order chi connectivity index (χ0) is 15.6. The highest BCUT2D eigenvalue weighted by Gasteiger charge is 2.25. The first-order valence-corrected chi connectivity index (χ1v) is 8.61. The predicted molar refractivity (Wildman–Crippen MR) is 81.2 cm³/mol. The number of rotatable bonds is 3. The Kier molecular flexibility index (Phi) is 4.65. The van der Waals surface area contributed by atoms with Crippen molar-refractivity contribution in [2.75, 3.05) is 13.1 Å². The molecule has 0 bridgehead atoms. The monoisotopic (exact) mass is 311 g/mol. The SMILES string of the molecule is CC1CN(C(=O)c2ccc(CS(N)(=O)=O)cc2)CC(C)N1. The summed E-state index contributed by atoms with van der Waals surface area (Å²) in [4.78, 5) is 14.3. The Bertz CT molecular complexity index is 603. The minimum Gasteiger partial charge on any atom is -0.336 e. The van der Waals surface area contributed by atoms with Crippen LogP contribution in [0, 0.1) is 0 Å². The van der Waals surface area contributed by atoms with Gasteiger partial charge in [-0.25, -0.2) is 13.6 Å². The third-order valence-electron chi connectivity index (χ3n) is 3.41. The van der Waals surface area contributed by atoms with Gasteiger partial charge in [0.05, 0.1) is 5.75 Å². The number of carbonyl (C=O) groups is 1. The minimum absolute atomic E-state index is 0.0302. The second kappa shape index (κ2) is 6.13. The molecule has 1 aliphatic heterocycles. The van der Waals surface area contributed by atoms with Crippen molar-refractivity contribution in [3.05, 3.63) is 35.4 Å². The number of nitrogens with one attached hydrogen (secondary N) is 1. The number of hydrogen-bond donors (Lipinski definition) is 2. The number of primary sulfonamides is 1. The van der Waals surface area contributed by atoms with Gasteiger partial charge >= 0.3 is 0 Å². The lowest BCUT2D eigenvalue weighted by atomic mass is 10.1. The van der Waals surface area contributed by atoms with Crippen LogP contribution in [0.4, 0.5) is 0 Å². The van der Waals surface area contributed by atoms with Crippen LogP contribution in [0.1, 0.15) is 29.8 Å². The van der Waals surface area contributed by atoms with Crippen molar-refractivity contribution in [1.29, 1.82) is 0 Å². The van der Waals surface area contributed by atoms with Gasteiger partial charge in [0, 0.05) is 30.7 Å². The Morgan fingerprint density at radius 2 is 1.76 bits per heavy atom. The molecule has 1 amide bonds. The van der Waals surface area contributed by atoms with E-state index in [1.54, 1.807) is 24.3 Å². The Morgan fingerprint density at radius 3 is 2.24 bits per heavy atom. The number of amides is 1. The van der Waals surface area contributed by atoms with E-state index < -0.39 is 10.0 Å². The first-order chi connectivity index (χ1) is 9.74. The maximum absolute atomic E-state index is 12.4. The van der Waals surface area contributed by atoms with Gasteiger partial charge in [-0.05, 0) is 31.5 Å². The molecule has 0 aromatic heterocycles. The summed E-state index contributed by atoms with van der Waals surface area (Å²) in [7, 11) is -3.55. The fourth-order valence-corrected chi connectivity index (χ4v) is 3.31. The number of piperazine rings is 1. The molecule has 3 N–H and O–H groups in total. The fraction of sp³-hybridized carbons (Fsp3) is 0.500. The molecule has 7 heteroatoms. The molecule has 0 spiro atoms. The van der Waals surface area contributed by atoms with E-state index in [9.17, 15) is 13.2 Å². The number of carbonyl (C=O) groups excluding carboxylic acids is 1. The molecule has 0 radical (unpaired) electrons. The van der Waals surface area contributed by atoms with Crippen molar-refractivity contribution in [2.24, 2.45) is 5.14 Å². The second-order valence-corrected chi connectivity index (χ2v) is 7.30. The van der Waals surface area contributed by atoms with E-state index >= 15 is 0 Å². The smallest absolute Gasteiger partial charge is 0.253 e. The highest BCUT2D eigenvalue weighted by atomic mass is 32.2. The molecule has 2 rings (SSSR count). The average molecular weight is 311 g/mol. The van der Waals surface area contributed by atoms with Crippen LogP contribution in [0.5, 0.6) is 0 Å². The summed E-state index contributed by atoms with van der Waals surface area (Å²) in [5.41, 5.74) is 1.14. The lowest BCUT2D eigenvalue weighted by molar-refractivity contribution is 0.0674. The number of nitrogens with two attached hydrogens (primary N) is 1.